The lowest BCUT2D eigenvalue weighted by molar-refractivity contribution is -0.142. The number of guanidine groups is 1. The Bertz CT molecular complexity index is 1510. The van der Waals surface area contributed by atoms with Gasteiger partial charge in [0, 0.05) is 36.5 Å². The van der Waals surface area contributed by atoms with Crippen LogP contribution in [-0.2, 0) is 32.0 Å². The molecule has 4 unspecified atom stereocenters. The average molecular weight is 655 g/mol. The third-order valence-electron chi connectivity index (χ3n) is 7.27. The zero-order valence-corrected chi connectivity index (χ0v) is 26.4. The van der Waals surface area contributed by atoms with Gasteiger partial charge < -0.3 is 48.3 Å². The standard InChI is InChI=1S/C31H42N8O6S/c1-46-14-12-24(30(44)45)37-29(43)26(16-19-17-36-23-7-3-2-5-21(19)23)39-28(42)25(15-18-8-10-20(40)11-9-18)38-27(41)22(32)6-4-13-35-31(33)34/h2-3,5,7-11,17,22,24-26,36,40H,4,6,12-16,32H2,1H3,(H,37,43)(H,38,41)(H,39,42)(H,44,45)(H4,33,34,35). The number of carboxylic acid groups (broad SMARTS) is 1. The van der Waals surface area contributed by atoms with Gasteiger partial charge in [0.15, 0.2) is 5.96 Å². The smallest absolute Gasteiger partial charge is 0.326 e. The highest BCUT2D eigenvalue weighted by Gasteiger charge is 2.31. The van der Waals surface area contributed by atoms with Crippen LogP contribution in [0.1, 0.15) is 30.4 Å². The van der Waals surface area contributed by atoms with Crippen LogP contribution in [0.2, 0.25) is 0 Å². The number of aromatic nitrogens is 1. The number of nitrogens with two attached hydrogens (primary N) is 3. The fraction of sp³-hybridized carbons (Fsp3) is 0.387. The Kier molecular flexibility index (Phi) is 13.7. The van der Waals surface area contributed by atoms with Crippen LogP contribution >= 0.6 is 11.8 Å². The number of carbonyl (C=O) groups is 4. The molecule has 0 fully saturated rings. The number of hydrogen-bond donors (Lipinski definition) is 9. The first-order valence-electron chi connectivity index (χ1n) is 14.7. The molecule has 3 amide bonds. The fourth-order valence-corrected chi connectivity index (χ4v) is 5.25. The van der Waals surface area contributed by atoms with E-state index >= 15 is 0 Å². The second kappa shape index (κ2) is 17.7. The Balaban J connectivity index is 1.86. The maximum atomic E-state index is 13.8. The fourth-order valence-electron chi connectivity index (χ4n) is 4.77. The zero-order valence-electron chi connectivity index (χ0n) is 25.6. The number of amides is 3. The van der Waals surface area contributed by atoms with Crippen LogP contribution in [0.25, 0.3) is 10.9 Å². The highest BCUT2D eigenvalue weighted by molar-refractivity contribution is 7.98. The highest BCUT2D eigenvalue weighted by atomic mass is 32.2. The SMILES string of the molecule is CSCCC(NC(=O)C(Cc1c[nH]c2ccccc12)NC(=O)C(Cc1ccc(O)cc1)NC(=O)C(N)CCCN=C(N)N)C(=O)O. The summed E-state index contributed by atoms with van der Waals surface area (Å²) in [4.78, 5) is 59.4. The van der Waals surface area contributed by atoms with E-state index in [0.29, 0.717) is 17.7 Å². The quantitative estimate of drug-likeness (QED) is 0.0516. The number of fused-ring (bicyclic) bond motifs is 1. The van der Waals surface area contributed by atoms with E-state index in [4.69, 9.17) is 17.2 Å². The van der Waals surface area contributed by atoms with Gasteiger partial charge in [-0.3, -0.25) is 19.4 Å². The number of rotatable bonds is 18. The lowest BCUT2D eigenvalue weighted by atomic mass is 10.0. The molecular formula is C31H42N8O6S. The van der Waals surface area contributed by atoms with E-state index < -0.39 is 47.9 Å². The molecule has 0 saturated heterocycles. The molecular weight excluding hydrogens is 612 g/mol. The summed E-state index contributed by atoms with van der Waals surface area (Å²) < 4.78 is 0. The third kappa shape index (κ3) is 11.0. The minimum absolute atomic E-state index is 0.0193. The molecule has 0 radical (unpaired) electrons. The number of carbonyl (C=O) groups excluding carboxylic acids is 3. The topological polar surface area (TPSA) is 251 Å². The van der Waals surface area contributed by atoms with Gasteiger partial charge in [-0.15, -0.1) is 0 Å². The summed E-state index contributed by atoms with van der Waals surface area (Å²) in [6.07, 6.45) is 4.49. The molecule has 0 aliphatic carbocycles. The molecule has 1 heterocycles. The Morgan fingerprint density at radius 2 is 1.52 bits per heavy atom. The molecule has 12 N–H and O–H groups in total. The van der Waals surface area contributed by atoms with E-state index in [-0.39, 0.29) is 43.9 Å². The summed E-state index contributed by atoms with van der Waals surface area (Å²) in [5.74, 6) is -2.68. The summed E-state index contributed by atoms with van der Waals surface area (Å²) >= 11 is 1.45. The lowest BCUT2D eigenvalue weighted by Gasteiger charge is -2.25. The van der Waals surface area contributed by atoms with Gasteiger partial charge in [-0.2, -0.15) is 11.8 Å². The Labute approximate surface area is 271 Å². The first-order chi connectivity index (χ1) is 22.0. The number of aliphatic imine (C=N–C) groups is 1. The van der Waals surface area contributed by atoms with Gasteiger partial charge in [0.25, 0.3) is 0 Å². The van der Waals surface area contributed by atoms with Gasteiger partial charge in [-0.25, -0.2) is 4.79 Å². The number of aliphatic carboxylic acids is 1. The number of phenolic OH excluding ortho intramolecular Hbond substituents is 1. The molecule has 0 bridgehead atoms. The largest absolute Gasteiger partial charge is 0.508 e. The Morgan fingerprint density at radius 3 is 2.17 bits per heavy atom. The number of nitrogens with one attached hydrogen (secondary N) is 4. The van der Waals surface area contributed by atoms with E-state index in [9.17, 15) is 29.4 Å². The van der Waals surface area contributed by atoms with Crippen LogP contribution in [0.3, 0.4) is 0 Å². The predicted octanol–water partition coefficient (Wildman–Crippen LogP) is 0.332. The van der Waals surface area contributed by atoms with Crippen molar-refractivity contribution < 1.29 is 29.4 Å². The number of H-pyrrole nitrogens is 1. The number of nitrogens with zero attached hydrogens (tertiary/aromatic N) is 1. The van der Waals surface area contributed by atoms with E-state index in [1.54, 1.807) is 18.3 Å². The number of benzene rings is 2. The van der Waals surface area contributed by atoms with E-state index in [1.165, 1.54) is 23.9 Å². The minimum atomic E-state index is -1.19. The second-order valence-corrected chi connectivity index (χ2v) is 11.8. The summed E-state index contributed by atoms with van der Waals surface area (Å²) in [5.41, 5.74) is 19.0. The Morgan fingerprint density at radius 1 is 0.891 bits per heavy atom. The van der Waals surface area contributed by atoms with E-state index in [2.05, 4.69) is 25.9 Å². The van der Waals surface area contributed by atoms with E-state index in [0.717, 1.165) is 16.5 Å². The number of aromatic hydroxyl groups is 1. The van der Waals surface area contributed by atoms with Gasteiger partial charge in [0.1, 0.15) is 23.9 Å². The van der Waals surface area contributed by atoms with Crippen LogP contribution < -0.4 is 33.2 Å². The van der Waals surface area contributed by atoms with Crippen molar-refractivity contribution in [2.45, 2.75) is 56.3 Å². The predicted molar refractivity (Wildman–Crippen MR) is 178 cm³/mol. The molecule has 2 aromatic carbocycles. The lowest BCUT2D eigenvalue weighted by Crippen LogP contribution is -2.58. The maximum Gasteiger partial charge on any atom is 0.326 e. The molecule has 46 heavy (non-hydrogen) atoms. The molecule has 15 heteroatoms. The first-order valence-corrected chi connectivity index (χ1v) is 16.1. The third-order valence-corrected chi connectivity index (χ3v) is 7.91. The summed E-state index contributed by atoms with van der Waals surface area (Å²) in [6.45, 7) is 0.277. The van der Waals surface area contributed by atoms with Crippen molar-refractivity contribution in [2.75, 3.05) is 18.6 Å². The van der Waals surface area contributed by atoms with Crippen molar-refractivity contribution in [1.82, 2.24) is 20.9 Å². The molecule has 3 rings (SSSR count). The molecule has 3 aromatic rings. The van der Waals surface area contributed by atoms with Gasteiger partial charge in [-0.05, 0) is 60.6 Å². The van der Waals surface area contributed by atoms with Crippen molar-refractivity contribution in [3.8, 4) is 5.75 Å². The van der Waals surface area contributed by atoms with Gasteiger partial charge in [0.2, 0.25) is 17.7 Å². The summed E-state index contributed by atoms with van der Waals surface area (Å²) in [7, 11) is 0. The van der Waals surface area contributed by atoms with Gasteiger partial charge in [0.05, 0.1) is 6.04 Å². The van der Waals surface area contributed by atoms with Crippen molar-refractivity contribution in [3.05, 3.63) is 65.9 Å². The van der Waals surface area contributed by atoms with Crippen LogP contribution in [0.5, 0.6) is 5.75 Å². The minimum Gasteiger partial charge on any atom is -0.508 e. The highest BCUT2D eigenvalue weighted by Crippen LogP contribution is 2.20. The van der Waals surface area contributed by atoms with Crippen LogP contribution in [0.4, 0.5) is 0 Å². The molecule has 0 saturated carbocycles. The number of thioether (sulfide) groups is 1. The van der Waals surface area contributed by atoms with Crippen molar-refractivity contribution in [1.29, 1.82) is 0 Å². The molecule has 14 nitrogen and oxygen atoms in total. The summed E-state index contributed by atoms with van der Waals surface area (Å²) in [5, 5.41) is 28.3. The van der Waals surface area contributed by atoms with Crippen LogP contribution in [-0.4, -0.2) is 87.6 Å². The summed E-state index contributed by atoms with van der Waals surface area (Å²) in [6, 6.07) is 9.10. The molecule has 1 aromatic heterocycles. The number of hydrogen-bond acceptors (Lipinski definition) is 8. The number of aromatic amines is 1. The van der Waals surface area contributed by atoms with Crippen LogP contribution in [0.15, 0.2) is 59.7 Å². The van der Waals surface area contributed by atoms with Crippen molar-refractivity contribution >= 4 is 52.3 Å². The average Bonchev–Trinajstić information content (AvgIpc) is 3.43. The van der Waals surface area contributed by atoms with Crippen molar-refractivity contribution in [3.63, 3.8) is 0 Å². The maximum absolute atomic E-state index is 13.8. The molecule has 0 spiro atoms. The number of phenols is 1. The number of para-hydroxylation sites is 1. The normalized spacial score (nSPS) is 13.6. The Hall–Kier alpha value is -4.76. The monoisotopic (exact) mass is 654 g/mol. The van der Waals surface area contributed by atoms with Gasteiger partial charge >= 0.3 is 5.97 Å². The van der Waals surface area contributed by atoms with Crippen molar-refractivity contribution in [2.24, 2.45) is 22.2 Å². The second-order valence-electron chi connectivity index (χ2n) is 10.8. The molecule has 0 aliphatic heterocycles. The molecule has 0 aliphatic rings. The van der Waals surface area contributed by atoms with Gasteiger partial charge in [-0.1, -0.05) is 30.3 Å². The van der Waals surface area contributed by atoms with E-state index in [1.807, 2.05) is 30.5 Å². The first kappa shape index (κ1) is 35.7. The molecule has 4 atom stereocenters. The number of carboxylic acids is 1. The zero-order chi connectivity index (χ0) is 33.6. The van der Waals surface area contributed by atoms with Crippen LogP contribution in [0, 0.1) is 0 Å². The molecule has 248 valence electrons.